The number of benzene rings is 1. The molecule has 2 rings (SSSR count). The Kier molecular flexibility index (Phi) is 4.04. The van der Waals surface area contributed by atoms with Crippen LogP contribution >= 0.6 is 15.9 Å². The molecule has 0 spiro atoms. The van der Waals surface area contributed by atoms with Crippen LogP contribution in [0.15, 0.2) is 22.7 Å². The summed E-state index contributed by atoms with van der Waals surface area (Å²) in [7, 11) is 1.59. The van der Waals surface area contributed by atoms with E-state index in [1.807, 2.05) is 18.2 Å². The van der Waals surface area contributed by atoms with Crippen molar-refractivity contribution in [1.82, 2.24) is 10.2 Å². The molecule has 1 heterocycles. The average molecular weight is 341 g/mol. The Morgan fingerprint density at radius 1 is 1.40 bits per heavy atom. The Morgan fingerprint density at radius 3 is 2.75 bits per heavy atom. The largest absolute Gasteiger partial charge is 0.497 e. The van der Waals surface area contributed by atoms with Crippen molar-refractivity contribution in [1.29, 1.82) is 0 Å². The van der Waals surface area contributed by atoms with Gasteiger partial charge in [0.05, 0.1) is 13.7 Å². The molecule has 2 amide bonds. The van der Waals surface area contributed by atoms with Gasteiger partial charge in [-0.1, -0.05) is 15.9 Å². The maximum absolute atomic E-state index is 12.3. The number of rotatable bonds is 3. The molecule has 1 aliphatic rings. The van der Waals surface area contributed by atoms with Crippen molar-refractivity contribution in [3.05, 3.63) is 28.2 Å². The van der Waals surface area contributed by atoms with E-state index in [1.165, 1.54) is 0 Å². The van der Waals surface area contributed by atoms with Crippen LogP contribution in [0.4, 0.5) is 0 Å². The topological polar surface area (TPSA) is 58.6 Å². The molecular formula is C14H17BrN2O3. The van der Waals surface area contributed by atoms with E-state index in [0.717, 1.165) is 15.8 Å². The van der Waals surface area contributed by atoms with Gasteiger partial charge in [-0.25, -0.2) is 0 Å². The van der Waals surface area contributed by atoms with Gasteiger partial charge in [0, 0.05) is 11.0 Å². The highest BCUT2D eigenvalue weighted by atomic mass is 79.9. The molecule has 1 saturated heterocycles. The molecule has 1 N–H and O–H groups in total. The Labute approximate surface area is 126 Å². The van der Waals surface area contributed by atoms with Gasteiger partial charge in [0.25, 0.3) is 0 Å². The minimum Gasteiger partial charge on any atom is -0.497 e. The summed E-state index contributed by atoms with van der Waals surface area (Å²) in [6.07, 6.45) is 0. The van der Waals surface area contributed by atoms with Crippen molar-refractivity contribution in [2.24, 2.45) is 0 Å². The summed E-state index contributed by atoms with van der Waals surface area (Å²) in [5.74, 6) is 0.483. The molecule has 6 heteroatoms. The second-order valence-corrected chi connectivity index (χ2v) is 6.15. The first-order chi connectivity index (χ1) is 9.33. The number of hydrogen-bond acceptors (Lipinski definition) is 3. The van der Waals surface area contributed by atoms with Crippen LogP contribution in [0.1, 0.15) is 19.4 Å². The third-order valence-corrected chi connectivity index (χ3v) is 4.00. The lowest BCUT2D eigenvalue weighted by molar-refractivity contribution is -0.148. The van der Waals surface area contributed by atoms with Crippen LogP contribution in [-0.2, 0) is 16.1 Å². The van der Waals surface area contributed by atoms with E-state index in [9.17, 15) is 9.59 Å². The highest BCUT2D eigenvalue weighted by molar-refractivity contribution is 9.10. The quantitative estimate of drug-likeness (QED) is 0.910. The number of methoxy groups -OCH3 is 1. The fourth-order valence-electron chi connectivity index (χ4n) is 2.21. The third-order valence-electron chi connectivity index (χ3n) is 3.22. The van der Waals surface area contributed by atoms with Gasteiger partial charge in [-0.05, 0) is 37.6 Å². The van der Waals surface area contributed by atoms with E-state index in [4.69, 9.17) is 4.74 Å². The van der Waals surface area contributed by atoms with E-state index in [1.54, 1.807) is 25.9 Å². The van der Waals surface area contributed by atoms with E-state index in [0.29, 0.717) is 6.54 Å². The van der Waals surface area contributed by atoms with Crippen molar-refractivity contribution in [3.8, 4) is 5.75 Å². The third kappa shape index (κ3) is 2.95. The summed E-state index contributed by atoms with van der Waals surface area (Å²) in [6.45, 7) is 3.86. The Bertz CT molecular complexity index is 557. The Balaban J connectivity index is 2.24. The molecule has 0 unspecified atom stereocenters. The van der Waals surface area contributed by atoms with Gasteiger partial charge in [-0.3, -0.25) is 9.59 Å². The predicted molar refractivity (Wildman–Crippen MR) is 78.3 cm³/mol. The maximum Gasteiger partial charge on any atom is 0.248 e. The molecule has 0 aliphatic carbocycles. The van der Waals surface area contributed by atoms with Gasteiger partial charge >= 0.3 is 0 Å². The lowest BCUT2D eigenvalue weighted by Crippen LogP contribution is -2.63. The van der Waals surface area contributed by atoms with Crippen LogP contribution in [0.25, 0.3) is 0 Å². The second kappa shape index (κ2) is 5.44. The molecule has 20 heavy (non-hydrogen) atoms. The minimum absolute atomic E-state index is 0.0753. The number of carbonyl (C=O) groups is 2. The Morgan fingerprint density at radius 2 is 2.10 bits per heavy atom. The highest BCUT2D eigenvalue weighted by Gasteiger charge is 2.39. The highest BCUT2D eigenvalue weighted by Crippen LogP contribution is 2.25. The number of halogens is 1. The zero-order chi connectivity index (χ0) is 14.9. The number of piperazine rings is 1. The molecule has 0 bridgehead atoms. The first-order valence-electron chi connectivity index (χ1n) is 6.26. The fraction of sp³-hybridized carbons (Fsp3) is 0.429. The molecule has 108 valence electrons. The lowest BCUT2D eigenvalue weighted by atomic mass is 10.00. The average Bonchev–Trinajstić information content (AvgIpc) is 2.37. The van der Waals surface area contributed by atoms with Gasteiger partial charge in [0.1, 0.15) is 11.3 Å². The monoisotopic (exact) mass is 340 g/mol. The predicted octanol–water partition coefficient (Wildman–Crippen LogP) is 1.69. The van der Waals surface area contributed by atoms with E-state index < -0.39 is 5.54 Å². The van der Waals surface area contributed by atoms with Crippen LogP contribution in [0.3, 0.4) is 0 Å². The summed E-state index contributed by atoms with van der Waals surface area (Å²) in [6, 6.07) is 5.56. The fourth-order valence-corrected chi connectivity index (χ4v) is 2.59. The molecule has 0 aromatic heterocycles. The smallest absolute Gasteiger partial charge is 0.248 e. The molecule has 0 atom stereocenters. The number of carbonyl (C=O) groups excluding carboxylic acids is 2. The number of hydrogen-bond donors (Lipinski definition) is 1. The zero-order valence-corrected chi connectivity index (χ0v) is 13.3. The van der Waals surface area contributed by atoms with Crippen LogP contribution in [0.5, 0.6) is 5.75 Å². The maximum atomic E-state index is 12.3. The SMILES string of the molecule is COc1ccc(Br)c(CN2CC(=O)NC(C)(C)C2=O)c1. The summed E-state index contributed by atoms with van der Waals surface area (Å²) < 4.78 is 6.07. The first kappa shape index (κ1) is 14.8. The van der Waals surface area contributed by atoms with Crippen molar-refractivity contribution in [2.75, 3.05) is 13.7 Å². The molecule has 0 radical (unpaired) electrons. The van der Waals surface area contributed by atoms with Gasteiger partial charge in [-0.15, -0.1) is 0 Å². The molecular weight excluding hydrogens is 324 g/mol. The van der Waals surface area contributed by atoms with Crippen LogP contribution in [-0.4, -0.2) is 35.9 Å². The van der Waals surface area contributed by atoms with E-state index in [-0.39, 0.29) is 18.4 Å². The summed E-state index contributed by atoms with van der Waals surface area (Å²) >= 11 is 3.46. The lowest BCUT2D eigenvalue weighted by Gasteiger charge is -2.37. The molecule has 1 aromatic rings. The number of nitrogens with one attached hydrogen (secondary N) is 1. The van der Waals surface area contributed by atoms with Crippen LogP contribution in [0, 0.1) is 0 Å². The molecule has 5 nitrogen and oxygen atoms in total. The summed E-state index contributed by atoms with van der Waals surface area (Å²) in [5, 5.41) is 2.69. The number of amides is 2. The number of ether oxygens (including phenoxy) is 1. The van der Waals surface area contributed by atoms with Gasteiger partial charge in [-0.2, -0.15) is 0 Å². The zero-order valence-electron chi connectivity index (χ0n) is 11.7. The van der Waals surface area contributed by atoms with E-state index in [2.05, 4.69) is 21.2 Å². The van der Waals surface area contributed by atoms with Gasteiger partial charge < -0.3 is 15.0 Å². The summed E-state index contributed by atoms with van der Waals surface area (Å²) in [4.78, 5) is 25.6. The second-order valence-electron chi connectivity index (χ2n) is 5.29. The van der Waals surface area contributed by atoms with E-state index >= 15 is 0 Å². The van der Waals surface area contributed by atoms with Crippen molar-refractivity contribution < 1.29 is 14.3 Å². The van der Waals surface area contributed by atoms with Gasteiger partial charge in [0.2, 0.25) is 11.8 Å². The number of nitrogens with zero attached hydrogens (tertiary/aromatic N) is 1. The summed E-state index contributed by atoms with van der Waals surface area (Å²) in [5.41, 5.74) is 0.0453. The first-order valence-corrected chi connectivity index (χ1v) is 7.05. The molecule has 1 fully saturated rings. The van der Waals surface area contributed by atoms with Crippen molar-refractivity contribution in [2.45, 2.75) is 25.9 Å². The molecule has 1 aromatic carbocycles. The molecule has 1 aliphatic heterocycles. The van der Waals surface area contributed by atoms with Crippen LogP contribution < -0.4 is 10.1 Å². The molecule has 0 saturated carbocycles. The van der Waals surface area contributed by atoms with Crippen molar-refractivity contribution in [3.63, 3.8) is 0 Å². The minimum atomic E-state index is -0.860. The van der Waals surface area contributed by atoms with Crippen LogP contribution in [0.2, 0.25) is 0 Å². The normalized spacial score (nSPS) is 17.9. The standard InChI is InChI=1S/C14H17BrN2O3/c1-14(2)13(19)17(8-12(18)16-14)7-9-6-10(20-3)4-5-11(9)15/h4-6H,7-8H2,1-3H3,(H,16,18). The van der Waals surface area contributed by atoms with Gasteiger partial charge in [0.15, 0.2) is 0 Å². The Hall–Kier alpha value is -1.56. The van der Waals surface area contributed by atoms with Crippen molar-refractivity contribution >= 4 is 27.7 Å².